The Morgan fingerprint density at radius 3 is 2.52 bits per heavy atom. The SMILES string of the molecule is CCCCN(C)S(=O)(=O)c1cccc(CNCCC)c1C. The monoisotopic (exact) mass is 312 g/mol. The van der Waals surface area contributed by atoms with Gasteiger partial charge in [-0.2, -0.15) is 0 Å². The Morgan fingerprint density at radius 2 is 1.90 bits per heavy atom. The number of rotatable bonds is 9. The summed E-state index contributed by atoms with van der Waals surface area (Å²) in [6.45, 7) is 8.28. The van der Waals surface area contributed by atoms with E-state index < -0.39 is 10.0 Å². The van der Waals surface area contributed by atoms with Gasteiger partial charge in [-0.15, -0.1) is 0 Å². The Morgan fingerprint density at radius 1 is 1.19 bits per heavy atom. The molecule has 1 rings (SSSR count). The molecule has 0 radical (unpaired) electrons. The van der Waals surface area contributed by atoms with Gasteiger partial charge in [-0.1, -0.05) is 32.4 Å². The lowest BCUT2D eigenvalue weighted by Gasteiger charge is -2.19. The molecule has 1 N–H and O–H groups in total. The Hall–Kier alpha value is -0.910. The lowest BCUT2D eigenvalue weighted by molar-refractivity contribution is 0.459. The number of hydrogen-bond acceptors (Lipinski definition) is 3. The first-order chi connectivity index (χ1) is 9.95. The maximum absolute atomic E-state index is 12.6. The minimum Gasteiger partial charge on any atom is -0.313 e. The van der Waals surface area contributed by atoms with Crippen LogP contribution in [0, 0.1) is 6.92 Å². The third-order valence-electron chi connectivity index (χ3n) is 3.65. The molecule has 5 heteroatoms. The van der Waals surface area contributed by atoms with Crippen molar-refractivity contribution in [3.05, 3.63) is 29.3 Å². The summed E-state index contributed by atoms with van der Waals surface area (Å²) < 4.78 is 26.8. The van der Waals surface area contributed by atoms with Gasteiger partial charge in [-0.25, -0.2) is 12.7 Å². The van der Waals surface area contributed by atoms with Crippen LogP contribution in [0.25, 0.3) is 0 Å². The molecule has 0 fully saturated rings. The van der Waals surface area contributed by atoms with Crippen LogP contribution in [0.15, 0.2) is 23.1 Å². The first kappa shape index (κ1) is 18.1. The van der Waals surface area contributed by atoms with E-state index in [1.807, 2.05) is 19.1 Å². The molecule has 4 nitrogen and oxygen atoms in total. The molecule has 0 saturated heterocycles. The number of sulfonamides is 1. The summed E-state index contributed by atoms with van der Waals surface area (Å²) in [6, 6.07) is 5.52. The van der Waals surface area contributed by atoms with E-state index in [1.165, 1.54) is 4.31 Å². The van der Waals surface area contributed by atoms with Gasteiger partial charge in [0.05, 0.1) is 4.90 Å². The predicted molar refractivity (Wildman–Crippen MR) is 87.9 cm³/mol. The van der Waals surface area contributed by atoms with Crippen LogP contribution in [0.4, 0.5) is 0 Å². The molecule has 0 saturated carbocycles. The molecular weight excluding hydrogens is 284 g/mol. The van der Waals surface area contributed by atoms with Crippen LogP contribution < -0.4 is 5.32 Å². The molecule has 0 aromatic heterocycles. The average molecular weight is 312 g/mol. The van der Waals surface area contributed by atoms with E-state index >= 15 is 0 Å². The Bertz CT molecular complexity index is 541. The number of hydrogen-bond donors (Lipinski definition) is 1. The summed E-state index contributed by atoms with van der Waals surface area (Å²) in [4.78, 5) is 0.428. The zero-order valence-electron chi connectivity index (χ0n) is 13.6. The summed E-state index contributed by atoms with van der Waals surface area (Å²) in [5.74, 6) is 0. The molecule has 0 heterocycles. The highest BCUT2D eigenvalue weighted by Crippen LogP contribution is 2.22. The molecule has 21 heavy (non-hydrogen) atoms. The highest BCUT2D eigenvalue weighted by molar-refractivity contribution is 7.89. The number of benzene rings is 1. The van der Waals surface area contributed by atoms with E-state index in [0.29, 0.717) is 18.0 Å². The van der Waals surface area contributed by atoms with E-state index in [2.05, 4.69) is 19.2 Å². The zero-order valence-corrected chi connectivity index (χ0v) is 14.5. The maximum Gasteiger partial charge on any atom is 0.243 e. The van der Waals surface area contributed by atoms with Crippen LogP contribution in [0.3, 0.4) is 0 Å². The molecule has 1 aromatic rings. The van der Waals surface area contributed by atoms with Crippen molar-refractivity contribution in [3.8, 4) is 0 Å². The predicted octanol–water partition coefficient (Wildman–Crippen LogP) is 2.92. The van der Waals surface area contributed by atoms with Gasteiger partial charge in [0.1, 0.15) is 0 Å². The lowest BCUT2D eigenvalue weighted by atomic mass is 10.1. The van der Waals surface area contributed by atoms with Crippen molar-refractivity contribution in [3.63, 3.8) is 0 Å². The van der Waals surface area contributed by atoms with Crippen molar-refractivity contribution < 1.29 is 8.42 Å². The molecule has 0 aliphatic heterocycles. The smallest absolute Gasteiger partial charge is 0.243 e. The second-order valence-electron chi connectivity index (χ2n) is 5.40. The van der Waals surface area contributed by atoms with Gasteiger partial charge in [0, 0.05) is 20.1 Å². The largest absolute Gasteiger partial charge is 0.313 e. The number of unbranched alkanes of at least 4 members (excludes halogenated alkanes) is 1. The van der Waals surface area contributed by atoms with Gasteiger partial charge in [0.2, 0.25) is 10.0 Å². The quantitative estimate of drug-likeness (QED) is 0.713. The first-order valence-corrected chi connectivity index (χ1v) is 9.14. The Labute approximate surface area is 129 Å². The normalized spacial score (nSPS) is 12.0. The molecule has 1 aromatic carbocycles. The fourth-order valence-electron chi connectivity index (χ4n) is 2.20. The van der Waals surface area contributed by atoms with Crippen molar-refractivity contribution in [1.82, 2.24) is 9.62 Å². The molecule has 0 bridgehead atoms. The molecule has 120 valence electrons. The third-order valence-corrected chi connectivity index (χ3v) is 5.65. The molecular formula is C16H28N2O2S. The van der Waals surface area contributed by atoms with E-state index in [0.717, 1.165) is 36.9 Å². The zero-order chi connectivity index (χ0) is 15.9. The van der Waals surface area contributed by atoms with Crippen molar-refractivity contribution in [2.75, 3.05) is 20.1 Å². The summed E-state index contributed by atoms with van der Waals surface area (Å²) in [5, 5.41) is 3.33. The van der Waals surface area contributed by atoms with Crippen LogP contribution in [0.2, 0.25) is 0 Å². The summed E-state index contributed by atoms with van der Waals surface area (Å²) in [5.41, 5.74) is 1.90. The van der Waals surface area contributed by atoms with Gasteiger partial charge in [0.15, 0.2) is 0 Å². The number of nitrogens with one attached hydrogen (secondary N) is 1. The van der Waals surface area contributed by atoms with Crippen LogP contribution >= 0.6 is 0 Å². The van der Waals surface area contributed by atoms with Crippen molar-refractivity contribution in [1.29, 1.82) is 0 Å². The van der Waals surface area contributed by atoms with Gasteiger partial charge in [-0.05, 0) is 43.5 Å². The molecule has 0 atom stereocenters. The Balaban J connectivity index is 2.99. The molecule has 0 unspecified atom stereocenters. The van der Waals surface area contributed by atoms with Gasteiger partial charge >= 0.3 is 0 Å². The highest BCUT2D eigenvalue weighted by atomic mass is 32.2. The van der Waals surface area contributed by atoms with Gasteiger partial charge in [-0.3, -0.25) is 0 Å². The van der Waals surface area contributed by atoms with Crippen LogP contribution in [0.5, 0.6) is 0 Å². The molecule has 0 aliphatic carbocycles. The van der Waals surface area contributed by atoms with E-state index in [4.69, 9.17) is 0 Å². The minimum atomic E-state index is -3.39. The van der Waals surface area contributed by atoms with Crippen molar-refractivity contribution in [2.24, 2.45) is 0 Å². The second-order valence-corrected chi connectivity index (χ2v) is 7.41. The van der Waals surface area contributed by atoms with E-state index in [9.17, 15) is 8.42 Å². The summed E-state index contributed by atoms with van der Waals surface area (Å²) >= 11 is 0. The van der Waals surface area contributed by atoms with Gasteiger partial charge < -0.3 is 5.32 Å². The summed E-state index contributed by atoms with van der Waals surface area (Å²) in [7, 11) is -1.73. The molecule has 0 amide bonds. The van der Waals surface area contributed by atoms with Crippen LogP contribution in [-0.4, -0.2) is 32.9 Å². The highest BCUT2D eigenvalue weighted by Gasteiger charge is 2.23. The number of nitrogens with zero attached hydrogens (tertiary/aromatic N) is 1. The topological polar surface area (TPSA) is 49.4 Å². The molecule has 0 spiro atoms. The lowest BCUT2D eigenvalue weighted by Crippen LogP contribution is -2.29. The Kier molecular flexibility index (Phi) is 7.35. The van der Waals surface area contributed by atoms with E-state index in [1.54, 1.807) is 13.1 Å². The third kappa shape index (κ3) is 4.80. The van der Waals surface area contributed by atoms with Gasteiger partial charge in [0.25, 0.3) is 0 Å². The first-order valence-electron chi connectivity index (χ1n) is 7.70. The van der Waals surface area contributed by atoms with Crippen molar-refractivity contribution in [2.45, 2.75) is 51.5 Å². The summed E-state index contributed by atoms with van der Waals surface area (Å²) in [6.07, 6.45) is 2.93. The second kappa shape index (κ2) is 8.51. The molecule has 0 aliphatic rings. The average Bonchev–Trinajstić information content (AvgIpc) is 2.46. The van der Waals surface area contributed by atoms with E-state index in [-0.39, 0.29) is 0 Å². The van der Waals surface area contributed by atoms with Crippen molar-refractivity contribution >= 4 is 10.0 Å². The fraction of sp³-hybridized carbons (Fsp3) is 0.625. The standard InChI is InChI=1S/C16H28N2O2S/c1-5-7-12-18(4)21(19,20)16-10-8-9-15(14(16)3)13-17-11-6-2/h8-10,17H,5-7,11-13H2,1-4H3. The fourth-order valence-corrected chi connectivity index (χ4v) is 3.67. The van der Waals surface area contributed by atoms with Crippen LogP contribution in [-0.2, 0) is 16.6 Å². The minimum absolute atomic E-state index is 0.428. The van der Waals surface area contributed by atoms with Crippen LogP contribution in [0.1, 0.15) is 44.2 Å². The maximum atomic E-state index is 12.6.